The van der Waals surface area contributed by atoms with Crippen LogP contribution in [0.15, 0.2) is 24.3 Å². The van der Waals surface area contributed by atoms with Gasteiger partial charge in [0.2, 0.25) is 0 Å². The van der Waals surface area contributed by atoms with E-state index < -0.39 is 0 Å². The number of rotatable bonds is 4. The van der Waals surface area contributed by atoms with Crippen LogP contribution in [0.3, 0.4) is 0 Å². The van der Waals surface area contributed by atoms with Crippen LogP contribution in [-0.2, 0) is 0 Å². The van der Waals surface area contributed by atoms with E-state index in [0.717, 1.165) is 19.3 Å². The molecule has 0 saturated carbocycles. The maximum Gasteiger partial charge on any atom is 0.261 e. The standard InChI is InChI=1S/C14H12BrNO2/c15-9-5-1-2-6-10-16-13(17)11-7-3-4-8-12(11)14(16)18/h3-4,7-8H,1-2,6,10H2. The first-order chi connectivity index (χ1) is 8.75. The van der Waals surface area contributed by atoms with Crippen LogP contribution in [-0.4, -0.2) is 23.3 Å². The van der Waals surface area contributed by atoms with Crippen molar-refractivity contribution in [2.75, 3.05) is 6.54 Å². The molecule has 0 saturated heterocycles. The Hall–Kier alpha value is -1.60. The highest BCUT2D eigenvalue weighted by Gasteiger charge is 2.34. The first-order valence-corrected chi connectivity index (χ1v) is 6.58. The molecule has 2 amide bonds. The molecule has 3 nitrogen and oxygen atoms in total. The van der Waals surface area contributed by atoms with Crippen molar-refractivity contribution < 1.29 is 9.59 Å². The van der Waals surface area contributed by atoms with E-state index in [2.05, 4.69) is 26.7 Å². The predicted octanol–water partition coefficient (Wildman–Crippen LogP) is 2.81. The largest absolute Gasteiger partial charge is 0.274 e. The van der Waals surface area contributed by atoms with Gasteiger partial charge in [-0.1, -0.05) is 18.1 Å². The molecule has 0 bridgehead atoms. The zero-order valence-corrected chi connectivity index (χ0v) is 11.4. The quantitative estimate of drug-likeness (QED) is 0.487. The van der Waals surface area contributed by atoms with Crippen molar-refractivity contribution in [3.8, 4) is 10.8 Å². The first kappa shape index (κ1) is 12.8. The number of halogens is 1. The number of amides is 2. The highest BCUT2D eigenvalue weighted by atomic mass is 79.9. The molecule has 1 aliphatic rings. The summed E-state index contributed by atoms with van der Waals surface area (Å²) in [6.45, 7) is 0.469. The maximum absolute atomic E-state index is 12.0. The van der Waals surface area contributed by atoms with Crippen LogP contribution in [0.4, 0.5) is 0 Å². The Bertz CT molecular complexity index is 507. The molecule has 0 atom stereocenters. The Kier molecular flexibility index (Phi) is 4.16. The minimum atomic E-state index is -0.179. The van der Waals surface area contributed by atoms with Gasteiger partial charge >= 0.3 is 0 Å². The van der Waals surface area contributed by atoms with Crippen LogP contribution in [0.5, 0.6) is 0 Å². The highest BCUT2D eigenvalue weighted by molar-refractivity contribution is 9.12. The van der Waals surface area contributed by atoms with Crippen molar-refractivity contribution in [2.24, 2.45) is 0 Å². The van der Waals surface area contributed by atoms with Gasteiger partial charge in [-0.25, -0.2) is 0 Å². The number of unbranched alkanes of at least 4 members (excludes halogenated alkanes) is 2. The fourth-order valence-electron chi connectivity index (χ4n) is 1.97. The van der Waals surface area contributed by atoms with Gasteiger partial charge in [0.1, 0.15) is 0 Å². The van der Waals surface area contributed by atoms with Gasteiger partial charge in [-0.05, 0) is 29.8 Å². The van der Waals surface area contributed by atoms with Crippen LogP contribution in [0.25, 0.3) is 0 Å². The summed E-state index contributed by atoms with van der Waals surface area (Å²) < 4.78 is 0. The summed E-state index contributed by atoms with van der Waals surface area (Å²) in [6.07, 6.45) is 2.44. The van der Waals surface area contributed by atoms with Gasteiger partial charge < -0.3 is 0 Å². The third-order valence-electron chi connectivity index (χ3n) is 2.88. The lowest BCUT2D eigenvalue weighted by Crippen LogP contribution is -2.30. The zero-order valence-electron chi connectivity index (χ0n) is 9.78. The van der Waals surface area contributed by atoms with E-state index in [0.29, 0.717) is 17.7 Å². The second kappa shape index (κ2) is 5.83. The number of imide groups is 1. The molecule has 92 valence electrons. The summed E-state index contributed by atoms with van der Waals surface area (Å²) in [5.74, 6) is 2.53. The molecule has 2 rings (SSSR count). The molecule has 0 N–H and O–H groups in total. The molecule has 4 heteroatoms. The number of carbonyl (C=O) groups is 2. The smallest absolute Gasteiger partial charge is 0.261 e. The van der Waals surface area contributed by atoms with Crippen molar-refractivity contribution in [3.63, 3.8) is 0 Å². The van der Waals surface area contributed by atoms with Gasteiger partial charge in [0, 0.05) is 28.9 Å². The number of nitrogens with zero attached hydrogens (tertiary/aromatic N) is 1. The van der Waals surface area contributed by atoms with Crippen LogP contribution in [0.1, 0.15) is 40.0 Å². The van der Waals surface area contributed by atoms with E-state index in [1.165, 1.54) is 4.90 Å². The summed E-state index contributed by atoms with van der Waals surface area (Å²) in [5.41, 5.74) is 1.03. The Balaban J connectivity index is 1.98. The maximum atomic E-state index is 12.0. The van der Waals surface area contributed by atoms with Gasteiger partial charge in [-0.2, -0.15) is 0 Å². The molecule has 0 aliphatic carbocycles. The van der Waals surface area contributed by atoms with Gasteiger partial charge in [0.15, 0.2) is 0 Å². The Morgan fingerprint density at radius 2 is 1.67 bits per heavy atom. The molecule has 1 aromatic rings. The minimum Gasteiger partial charge on any atom is -0.274 e. The molecule has 0 unspecified atom stereocenters. The van der Waals surface area contributed by atoms with Crippen LogP contribution in [0.2, 0.25) is 0 Å². The minimum absolute atomic E-state index is 0.179. The third kappa shape index (κ3) is 2.46. The van der Waals surface area contributed by atoms with E-state index in [1.54, 1.807) is 24.3 Å². The summed E-state index contributed by atoms with van der Waals surface area (Å²) in [7, 11) is 0. The van der Waals surface area contributed by atoms with E-state index in [9.17, 15) is 9.59 Å². The highest BCUT2D eigenvalue weighted by Crippen LogP contribution is 2.22. The molecular weight excluding hydrogens is 294 g/mol. The first-order valence-electron chi connectivity index (χ1n) is 5.79. The van der Waals surface area contributed by atoms with E-state index >= 15 is 0 Å². The van der Waals surface area contributed by atoms with Crippen LogP contribution < -0.4 is 0 Å². The summed E-state index contributed by atoms with van der Waals surface area (Å²) in [5, 5.41) is 0. The summed E-state index contributed by atoms with van der Waals surface area (Å²) >= 11 is 3.03. The van der Waals surface area contributed by atoms with E-state index in [-0.39, 0.29) is 11.8 Å². The predicted molar refractivity (Wildman–Crippen MR) is 72.4 cm³/mol. The van der Waals surface area contributed by atoms with Gasteiger partial charge in [0.25, 0.3) is 11.8 Å². The molecule has 1 heterocycles. The molecule has 0 spiro atoms. The third-order valence-corrected chi connectivity index (χ3v) is 3.16. The van der Waals surface area contributed by atoms with Gasteiger partial charge in [-0.15, -0.1) is 0 Å². The zero-order chi connectivity index (χ0) is 13.0. The van der Waals surface area contributed by atoms with Crippen molar-refractivity contribution in [1.82, 2.24) is 4.90 Å². The monoisotopic (exact) mass is 305 g/mol. The fraction of sp³-hybridized carbons (Fsp3) is 0.286. The molecule has 1 aliphatic heterocycles. The second-order valence-electron chi connectivity index (χ2n) is 4.04. The van der Waals surface area contributed by atoms with Crippen LogP contribution in [0, 0.1) is 10.8 Å². The lowest BCUT2D eigenvalue weighted by Gasteiger charge is -2.12. The number of fused-ring (bicyclic) bond motifs is 1. The molecular formula is C14H12BrNO2. The van der Waals surface area contributed by atoms with Crippen molar-refractivity contribution in [3.05, 3.63) is 35.4 Å². The van der Waals surface area contributed by atoms with E-state index in [1.807, 2.05) is 0 Å². The fourth-order valence-corrected chi connectivity index (χ4v) is 2.17. The number of hydrogen-bond donors (Lipinski definition) is 0. The lowest BCUT2D eigenvalue weighted by atomic mass is 10.1. The molecule has 0 radical (unpaired) electrons. The summed E-state index contributed by atoms with van der Waals surface area (Å²) in [4.78, 5) is 28.0. The van der Waals surface area contributed by atoms with E-state index in [4.69, 9.17) is 0 Å². The molecule has 18 heavy (non-hydrogen) atoms. The second-order valence-corrected chi connectivity index (χ2v) is 4.43. The molecule has 0 fully saturated rings. The number of benzene rings is 1. The van der Waals surface area contributed by atoms with Gasteiger partial charge in [0.05, 0.1) is 11.1 Å². The number of hydrogen-bond acceptors (Lipinski definition) is 2. The Labute approximate surface area is 114 Å². The average molecular weight is 306 g/mol. The van der Waals surface area contributed by atoms with Crippen LogP contribution >= 0.6 is 15.9 Å². The average Bonchev–Trinajstić information content (AvgIpc) is 2.64. The number of carbonyl (C=O) groups excluding carboxylic acids is 2. The van der Waals surface area contributed by atoms with Crippen molar-refractivity contribution in [2.45, 2.75) is 19.3 Å². The van der Waals surface area contributed by atoms with Gasteiger partial charge in [-0.3, -0.25) is 14.5 Å². The lowest BCUT2D eigenvalue weighted by molar-refractivity contribution is 0.0652. The molecule has 1 aromatic carbocycles. The topological polar surface area (TPSA) is 37.4 Å². The molecule has 0 aromatic heterocycles. The normalized spacial score (nSPS) is 13.3. The summed E-state index contributed by atoms with van der Waals surface area (Å²) in [6, 6.07) is 6.95. The van der Waals surface area contributed by atoms with Crippen molar-refractivity contribution in [1.29, 1.82) is 0 Å². The SMILES string of the molecule is O=C1c2ccccc2C(=O)N1CCCCC#CBr. The van der Waals surface area contributed by atoms with Crippen molar-refractivity contribution >= 4 is 27.7 Å². The Morgan fingerprint density at radius 1 is 1.06 bits per heavy atom. The Morgan fingerprint density at radius 3 is 2.22 bits per heavy atom.